The zero-order valence-electron chi connectivity index (χ0n) is 12.7. The highest BCUT2D eigenvalue weighted by Gasteiger charge is 1.98. The molecule has 0 heterocycles. The topological polar surface area (TPSA) is 90.4 Å². The van der Waals surface area contributed by atoms with Gasteiger partial charge in [-0.05, 0) is 6.37 Å². The first-order valence-electron chi connectivity index (χ1n) is 6.06. The van der Waals surface area contributed by atoms with E-state index in [1.165, 1.54) is 0 Å². The van der Waals surface area contributed by atoms with Gasteiger partial charge >= 0.3 is 0 Å². The van der Waals surface area contributed by atoms with E-state index in [4.69, 9.17) is 28.2 Å². The van der Waals surface area contributed by atoms with Gasteiger partial charge in [0.1, 0.15) is 0 Å². The monoisotopic (exact) mass is 138 g/mol. The quantitative estimate of drug-likeness (QED) is 0.345. The summed E-state index contributed by atoms with van der Waals surface area (Å²) < 4.78 is 57.6. The number of guanidine groups is 1. The van der Waals surface area contributed by atoms with Crippen molar-refractivity contribution >= 4 is 5.96 Å². The first-order valence-corrected chi connectivity index (χ1v) is 2.06. The number of rotatable bonds is 3. The molecule has 1 unspecified atom stereocenters. The van der Waals surface area contributed by atoms with E-state index in [9.17, 15) is 0 Å². The van der Waals surface area contributed by atoms with Crippen LogP contribution in [0.25, 0.3) is 0 Å². The number of hydrogen-bond acceptors (Lipinski definition) is 2. The molecule has 4 nitrogen and oxygen atoms in total. The summed E-state index contributed by atoms with van der Waals surface area (Å²) in [5.41, 5.74) is 14.9. The van der Waals surface area contributed by atoms with E-state index in [-0.39, 0.29) is 0 Å². The summed E-state index contributed by atoms with van der Waals surface area (Å²) in [6, 6.07) is -3.19. The Balaban J connectivity index is 5.93. The molecule has 0 amide bonds. The highest BCUT2D eigenvalue weighted by Crippen LogP contribution is 1.91. The first kappa shape index (κ1) is 1.85. The fourth-order valence-electron chi connectivity index (χ4n) is 0.225. The minimum Gasteiger partial charge on any atom is -0.370 e. The molecule has 0 aliphatic rings. The molecule has 0 saturated carbocycles. The van der Waals surface area contributed by atoms with Crippen molar-refractivity contribution in [2.75, 3.05) is 6.50 Å². The number of nitrogens with zero attached hydrogens (tertiary/aromatic N) is 1. The lowest BCUT2D eigenvalue weighted by molar-refractivity contribution is 0.661. The van der Waals surface area contributed by atoms with Gasteiger partial charge in [0.2, 0.25) is 0 Å². The van der Waals surface area contributed by atoms with Gasteiger partial charge in [0.25, 0.3) is 0 Å². The van der Waals surface area contributed by atoms with Gasteiger partial charge < -0.3 is 17.2 Å². The molecule has 0 spiro atoms. The van der Waals surface area contributed by atoms with E-state index in [1.807, 2.05) is 0 Å². The number of aliphatic imine (C=N–C) groups is 1. The maximum absolute atomic E-state index is 7.58. The van der Waals surface area contributed by atoms with E-state index in [2.05, 4.69) is 4.99 Å². The Morgan fingerprint density at radius 1 is 2.00 bits per heavy atom. The molecule has 54 valence electrons. The molecule has 4 heteroatoms. The van der Waals surface area contributed by atoms with Crippen molar-refractivity contribution < 1.29 is 11.0 Å². The second-order valence-corrected chi connectivity index (χ2v) is 1.15. The Hall–Kier alpha value is -0.770. The maximum atomic E-state index is 7.58. The first-order chi connectivity index (χ1) is 7.17. The summed E-state index contributed by atoms with van der Waals surface area (Å²) in [4.78, 5) is 3.02. The van der Waals surface area contributed by atoms with Gasteiger partial charge in [-0.15, -0.1) is 0 Å². The van der Waals surface area contributed by atoms with Crippen molar-refractivity contribution in [3.05, 3.63) is 0 Å². The summed E-state index contributed by atoms with van der Waals surface area (Å²) in [6.45, 7) is -6.41. The SMILES string of the molecule is [2H]C([2H])([2H])C([2H])([2H])C([2H])(N=C(N)N)C([2H])([2H])N. The maximum Gasteiger partial charge on any atom is 0.186 e. The van der Waals surface area contributed by atoms with Crippen LogP contribution >= 0.6 is 0 Å². The van der Waals surface area contributed by atoms with Crippen LogP contribution in [-0.2, 0) is 0 Å². The zero-order chi connectivity index (χ0) is 14.3. The summed E-state index contributed by atoms with van der Waals surface area (Å²) in [5.74, 6) is -0.831. The predicted octanol–water partition coefficient (Wildman–Crippen LogP) is -1.00. The molecular formula is C5H14N4. The highest BCUT2D eigenvalue weighted by atomic mass is 15.0. The molecular weight excluding hydrogens is 116 g/mol. The van der Waals surface area contributed by atoms with Crippen LogP contribution in [0.1, 0.15) is 24.2 Å². The van der Waals surface area contributed by atoms with E-state index >= 15 is 0 Å². The van der Waals surface area contributed by atoms with E-state index < -0.39 is 31.7 Å². The fourth-order valence-corrected chi connectivity index (χ4v) is 0.225. The van der Waals surface area contributed by atoms with Crippen molar-refractivity contribution in [3.63, 3.8) is 0 Å². The second-order valence-electron chi connectivity index (χ2n) is 1.15. The van der Waals surface area contributed by atoms with Crippen LogP contribution in [0.3, 0.4) is 0 Å². The van der Waals surface area contributed by atoms with Gasteiger partial charge in [0.15, 0.2) is 5.96 Å². The van der Waals surface area contributed by atoms with Crippen LogP contribution in [0, 0.1) is 0 Å². The number of nitrogens with two attached hydrogens (primary N) is 3. The highest BCUT2D eigenvalue weighted by molar-refractivity contribution is 5.75. The lowest BCUT2D eigenvalue weighted by Crippen LogP contribution is -2.28. The van der Waals surface area contributed by atoms with Gasteiger partial charge in [0.05, 0.1) is 7.39 Å². The largest absolute Gasteiger partial charge is 0.370 e. The van der Waals surface area contributed by atoms with Crippen LogP contribution in [0.2, 0.25) is 0 Å². The van der Waals surface area contributed by atoms with Crippen molar-refractivity contribution in [2.45, 2.75) is 19.2 Å². The third-order valence-corrected chi connectivity index (χ3v) is 0.496. The van der Waals surface area contributed by atoms with Gasteiger partial charge in [0, 0.05) is 16.1 Å². The van der Waals surface area contributed by atoms with E-state index in [0.717, 1.165) is 0 Å². The van der Waals surface area contributed by atoms with Crippen LogP contribution in [0.4, 0.5) is 0 Å². The smallest absolute Gasteiger partial charge is 0.186 e. The molecule has 0 rings (SSSR count). The molecule has 1 atom stereocenters. The van der Waals surface area contributed by atoms with Gasteiger partial charge in [-0.3, -0.25) is 0 Å². The Kier molecular flexibility index (Phi) is 0.854. The molecule has 0 bridgehead atoms. The van der Waals surface area contributed by atoms with Crippen molar-refractivity contribution in [1.29, 1.82) is 0 Å². The molecule has 6 N–H and O–H groups in total. The van der Waals surface area contributed by atoms with Crippen LogP contribution < -0.4 is 17.2 Å². The Labute approximate surface area is 66.4 Å². The van der Waals surface area contributed by atoms with Gasteiger partial charge in [-0.1, -0.05) is 6.85 Å². The molecule has 0 aromatic rings. The predicted molar refractivity (Wildman–Crippen MR) is 38.9 cm³/mol. The standard InChI is InChI=1S/C5H14N4/c1-2-4(3-6)9-5(7)8/h4H,2-3,6H2,1H3,(H4,7,8,9)/i1D3,2D2,3D2,4D. The second kappa shape index (κ2) is 4.14. The third-order valence-electron chi connectivity index (χ3n) is 0.496. The number of hydrogen-bond donors (Lipinski definition) is 3. The average Bonchev–Trinajstić information content (AvgIpc) is 1.97. The van der Waals surface area contributed by atoms with Crippen LogP contribution in [0.5, 0.6) is 0 Å². The zero-order valence-corrected chi connectivity index (χ0v) is 4.68. The summed E-state index contributed by atoms with van der Waals surface area (Å²) in [6.07, 6.45) is -3.37. The van der Waals surface area contributed by atoms with Gasteiger partial charge in [-0.2, -0.15) is 0 Å². The summed E-state index contributed by atoms with van der Waals surface area (Å²) in [7, 11) is 0. The third kappa shape index (κ3) is 3.78. The van der Waals surface area contributed by atoms with E-state index in [0.29, 0.717) is 0 Å². The summed E-state index contributed by atoms with van der Waals surface area (Å²) >= 11 is 0. The molecule has 9 heavy (non-hydrogen) atoms. The molecule has 0 aliphatic heterocycles. The molecule has 0 aromatic carbocycles. The van der Waals surface area contributed by atoms with Crippen LogP contribution in [0.15, 0.2) is 4.99 Å². The molecule has 0 radical (unpaired) electrons. The lowest BCUT2D eigenvalue weighted by Gasteiger charge is -2.04. The van der Waals surface area contributed by atoms with Crippen molar-refractivity contribution in [2.24, 2.45) is 22.2 Å². The summed E-state index contributed by atoms with van der Waals surface area (Å²) in [5, 5.41) is 0. The Morgan fingerprint density at radius 3 is 3.00 bits per heavy atom. The normalized spacial score (nSPS) is 33.9. The molecule has 0 aliphatic carbocycles. The molecule has 0 aromatic heterocycles. The van der Waals surface area contributed by atoms with Crippen molar-refractivity contribution in [1.82, 2.24) is 0 Å². The lowest BCUT2D eigenvalue weighted by atomic mass is 10.2. The molecule has 0 saturated heterocycles. The minimum atomic E-state index is -3.37. The average molecular weight is 138 g/mol. The molecule has 0 fully saturated rings. The van der Waals surface area contributed by atoms with Crippen molar-refractivity contribution in [3.8, 4) is 0 Å². The minimum absolute atomic E-state index is 0.831. The van der Waals surface area contributed by atoms with Crippen LogP contribution in [-0.4, -0.2) is 18.5 Å². The Bertz CT molecular complexity index is 313. The Morgan fingerprint density at radius 2 is 2.67 bits per heavy atom. The van der Waals surface area contributed by atoms with E-state index in [1.54, 1.807) is 0 Å². The van der Waals surface area contributed by atoms with Gasteiger partial charge in [-0.25, -0.2) is 4.99 Å². The fraction of sp³-hybridized carbons (Fsp3) is 0.800.